The number of carbonyl (C=O) groups is 1. The summed E-state index contributed by atoms with van der Waals surface area (Å²) >= 11 is 0. The van der Waals surface area contributed by atoms with E-state index in [-0.39, 0.29) is 11.7 Å². The minimum atomic E-state index is -3.26. The van der Waals surface area contributed by atoms with Crippen LogP contribution in [0.25, 0.3) is 0 Å². The monoisotopic (exact) mass is 392 g/mol. The third-order valence-corrected chi connectivity index (χ3v) is 4.61. The molecule has 2 aromatic rings. The van der Waals surface area contributed by atoms with Crippen LogP contribution >= 0.6 is 0 Å². The molecule has 0 aromatic heterocycles. The van der Waals surface area contributed by atoms with Gasteiger partial charge in [-0.25, -0.2) is 12.8 Å². The second-order valence-corrected chi connectivity index (χ2v) is 8.25. The fourth-order valence-electron chi connectivity index (χ4n) is 2.67. The molecule has 0 unspecified atom stereocenters. The summed E-state index contributed by atoms with van der Waals surface area (Å²) in [5.41, 5.74) is 2.65. The van der Waals surface area contributed by atoms with Gasteiger partial charge >= 0.3 is 0 Å². The number of benzene rings is 2. The van der Waals surface area contributed by atoms with Crippen LogP contribution in [0.2, 0.25) is 0 Å². The molecule has 0 radical (unpaired) electrons. The highest BCUT2D eigenvalue weighted by molar-refractivity contribution is 7.92. The number of hydrogen-bond acceptors (Lipinski definition) is 3. The van der Waals surface area contributed by atoms with E-state index >= 15 is 0 Å². The summed E-state index contributed by atoms with van der Waals surface area (Å²) in [6.45, 7) is 0.596. The molecule has 0 heterocycles. The summed E-state index contributed by atoms with van der Waals surface area (Å²) in [5.74, 6) is -0.234. The van der Waals surface area contributed by atoms with Gasteiger partial charge in [-0.3, -0.25) is 9.52 Å². The second kappa shape index (κ2) is 10.1. The number of amides is 1. The van der Waals surface area contributed by atoms with E-state index in [2.05, 4.69) is 10.0 Å². The van der Waals surface area contributed by atoms with Gasteiger partial charge in [-0.05, 0) is 61.1 Å². The molecule has 5 nitrogen and oxygen atoms in total. The lowest BCUT2D eigenvalue weighted by molar-refractivity contribution is -0.121. The number of rotatable bonds is 10. The largest absolute Gasteiger partial charge is 0.356 e. The van der Waals surface area contributed by atoms with Gasteiger partial charge in [-0.15, -0.1) is 0 Å². The summed E-state index contributed by atoms with van der Waals surface area (Å²) in [4.78, 5) is 11.8. The lowest BCUT2D eigenvalue weighted by Gasteiger charge is -2.07. The van der Waals surface area contributed by atoms with Crippen molar-refractivity contribution in [2.45, 2.75) is 32.1 Å². The Kier molecular flexibility index (Phi) is 7.79. The normalized spacial score (nSPS) is 11.2. The lowest BCUT2D eigenvalue weighted by atomic mass is 10.1. The number of aryl methyl sites for hydroxylation is 2. The summed E-state index contributed by atoms with van der Waals surface area (Å²) in [6.07, 6.45) is 4.65. The van der Waals surface area contributed by atoms with E-state index < -0.39 is 10.0 Å². The van der Waals surface area contributed by atoms with Crippen molar-refractivity contribution in [1.82, 2.24) is 5.32 Å². The Balaban J connectivity index is 1.60. The first kappa shape index (κ1) is 20.9. The van der Waals surface area contributed by atoms with Gasteiger partial charge in [0.05, 0.1) is 6.26 Å². The molecule has 0 bridgehead atoms. The fourth-order valence-corrected chi connectivity index (χ4v) is 3.23. The molecule has 0 saturated heterocycles. The smallest absolute Gasteiger partial charge is 0.229 e. The molecule has 1 amide bonds. The minimum Gasteiger partial charge on any atom is -0.356 e. The highest BCUT2D eigenvalue weighted by atomic mass is 32.2. The molecule has 2 rings (SSSR count). The van der Waals surface area contributed by atoms with Crippen LogP contribution in [0.5, 0.6) is 0 Å². The van der Waals surface area contributed by atoms with Crippen molar-refractivity contribution in [3.8, 4) is 0 Å². The van der Waals surface area contributed by atoms with Gasteiger partial charge in [0, 0.05) is 18.7 Å². The van der Waals surface area contributed by atoms with Crippen molar-refractivity contribution in [3.05, 3.63) is 65.5 Å². The van der Waals surface area contributed by atoms with Crippen molar-refractivity contribution in [2.24, 2.45) is 0 Å². The van der Waals surface area contributed by atoms with E-state index in [0.29, 0.717) is 18.7 Å². The van der Waals surface area contributed by atoms with Gasteiger partial charge in [-0.2, -0.15) is 0 Å². The van der Waals surface area contributed by atoms with Crippen molar-refractivity contribution in [2.75, 3.05) is 17.5 Å². The predicted octanol–water partition coefficient (Wildman–Crippen LogP) is 3.27. The molecule has 2 N–H and O–H groups in total. The maximum Gasteiger partial charge on any atom is 0.229 e. The van der Waals surface area contributed by atoms with E-state index in [0.717, 1.165) is 43.1 Å². The van der Waals surface area contributed by atoms with Gasteiger partial charge in [0.1, 0.15) is 5.82 Å². The van der Waals surface area contributed by atoms with E-state index in [1.54, 1.807) is 24.3 Å². The zero-order chi connectivity index (χ0) is 19.7. The molecule has 27 heavy (non-hydrogen) atoms. The molecular weight excluding hydrogens is 367 g/mol. The number of sulfonamides is 1. The molecule has 0 atom stereocenters. The average Bonchev–Trinajstić information content (AvgIpc) is 2.60. The third-order valence-electron chi connectivity index (χ3n) is 4.00. The van der Waals surface area contributed by atoms with E-state index in [9.17, 15) is 17.6 Å². The topological polar surface area (TPSA) is 75.3 Å². The van der Waals surface area contributed by atoms with Crippen LogP contribution in [0.4, 0.5) is 10.1 Å². The van der Waals surface area contributed by atoms with Crippen LogP contribution in [-0.2, 0) is 27.7 Å². The van der Waals surface area contributed by atoms with Crippen LogP contribution in [0.15, 0.2) is 48.5 Å². The Bertz CT molecular complexity index is 835. The maximum atomic E-state index is 12.8. The number of hydrogen-bond donors (Lipinski definition) is 2. The molecule has 0 spiro atoms. The SMILES string of the molecule is CS(=O)(=O)Nc1ccc(CCCNC(=O)CCCc2ccc(F)cc2)cc1. The van der Waals surface area contributed by atoms with E-state index in [4.69, 9.17) is 0 Å². The Morgan fingerprint density at radius 1 is 0.926 bits per heavy atom. The summed E-state index contributed by atoms with van der Waals surface area (Å²) in [7, 11) is -3.26. The minimum absolute atomic E-state index is 0.0183. The van der Waals surface area contributed by atoms with E-state index in [1.165, 1.54) is 12.1 Å². The Morgan fingerprint density at radius 3 is 2.07 bits per heavy atom. The van der Waals surface area contributed by atoms with Crippen molar-refractivity contribution < 1.29 is 17.6 Å². The van der Waals surface area contributed by atoms with Crippen LogP contribution in [-0.4, -0.2) is 27.1 Å². The second-order valence-electron chi connectivity index (χ2n) is 6.50. The molecule has 146 valence electrons. The zero-order valence-corrected chi connectivity index (χ0v) is 16.2. The van der Waals surface area contributed by atoms with E-state index in [1.807, 2.05) is 12.1 Å². The van der Waals surface area contributed by atoms with Gasteiger partial charge in [0.2, 0.25) is 15.9 Å². The van der Waals surface area contributed by atoms with Crippen molar-refractivity contribution in [1.29, 1.82) is 0 Å². The molecule has 0 aliphatic carbocycles. The molecule has 0 fully saturated rings. The average molecular weight is 392 g/mol. The number of carbonyl (C=O) groups excluding carboxylic acids is 1. The summed E-state index contributed by atoms with van der Waals surface area (Å²) < 4.78 is 37.6. The fraction of sp³-hybridized carbons (Fsp3) is 0.350. The van der Waals surface area contributed by atoms with Crippen LogP contribution < -0.4 is 10.0 Å². The Morgan fingerprint density at radius 2 is 1.48 bits per heavy atom. The first-order valence-electron chi connectivity index (χ1n) is 8.90. The summed E-state index contributed by atoms with van der Waals surface area (Å²) in [6, 6.07) is 13.5. The highest BCUT2D eigenvalue weighted by Crippen LogP contribution is 2.12. The van der Waals surface area contributed by atoms with Gasteiger partial charge in [0.15, 0.2) is 0 Å². The van der Waals surface area contributed by atoms with Gasteiger partial charge < -0.3 is 5.32 Å². The quantitative estimate of drug-likeness (QED) is 0.610. The predicted molar refractivity (Wildman–Crippen MR) is 106 cm³/mol. The molecule has 7 heteroatoms. The zero-order valence-electron chi connectivity index (χ0n) is 15.4. The molecule has 0 aliphatic rings. The molecular formula is C20H25FN2O3S. The highest BCUT2D eigenvalue weighted by Gasteiger charge is 2.03. The van der Waals surface area contributed by atoms with Crippen LogP contribution in [0, 0.1) is 5.82 Å². The maximum absolute atomic E-state index is 12.8. The first-order valence-corrected chi connectivity index (χ1v) is 10.8. The van der Waals surface area contributed by atoms with Gasteiger partial charge in [0.25, 0.3) is 0 Å². The Hall–Kier alpha value is -2.41. The van der Waals surface area contributed by atoms with Crippen molar-refractivity contribution in [3.63, 3.8) is 0 Å². The third kappa shape index (κ3) is 8.68. The lowest BCUT2D eigenvalue weighted by Crippen LogP contribution is -2.24. The van der Waals surface area contributed by atoms with Crippen molar-refractivity contribution >= 4 is 21.6 Å². The van der Waals surface area contributed by atoms with Crippen LogP contribution in [0.1, 0.15) is 30.4 Å². The van der Waals surface area contributed by atoms with Crippen LogP contribution in [0.3, 0.4) is 0 Å². The number of anilines is 1. The standard InChI is InChI=1S/C20H25FN2O3S/c1-27(25,26)23-19-13-9-17(10-14-19)5-3-15-22-20(24)6-2-4-16-7-11-18(21)12-8-16/h7-14,23H,2-6,15H2,1H3,(H,22,24). The Labute approximate surface area is 160 Å². The summed E-state index contributed by atoms with van der Waals surface area (Å²) in [5, 5.41) is 2.90. The number of nitrogens with one attached hydrogen (secondary N) is 2. The molecule has 0 saturated carbocycles. The molecule has 2 aromatic carbocycles. The van der Waals surface area contributed by atoms with Gasteiger partial charge in [-0.1, -0.05) is 24.3 Å². The number of halogens is 1. The first-order chi connectivity index (χ1) is 12.8. The molecule has 0 aliphatic heterocycles.